The molecule has 0 aromatic heterocycles. The van der Waals surface area contributed by atoms with E-state index in [4.69, 9.17) is 9.47 Å². The van der Waals surface area contributed by atoms with E-state index in [9.17, 15) is 4.79 Å². The van der Waals surface area contributed by atoms with Gasteiger partial charge in [-0.05, 0) is 50.1 Å². The number of carbonyl (C=O) groups excluding carboxylic acids is 1. The van der Waals surface area contributed by atoms with Crippen LogP contribution in [0, 0.1) is 5.92 Å². The minimum atomic E-state index is -0.323. The van der Waals surface area contributed by atoms with Crippen LogP contribution < -0.4 is 10.6 Å². The highest BCUT2D eigenvalue weighted by Gasteiger charge is 2.30. The minimum absolute atomic E-state index is 0.233. The fourth-order valence-electron chi connectivity index (χ4n) is 2.85. The summed E-state index contributed by atoms with van der Waals surface area (Å²) < 4.78 is 10.8. The average Bonchev–Trinajstić information content (AvgIpc) is 3.38. The van der Waals surface area contributed by atoms with Gasteiger partial charge in [-0.2, -0.15) is 0 Å². The second kappa shape index (κ2) is 9.04. The van der Waals surface area contributed by atoms with Gasteiger partial charge in [-0.3, -0.25) is 0 Å². The summed E-state index contributed by atoms with van der Waals surface area (Å²) in [5.74, 6) is 0.845. The molecular formula is C19H28N2O3. The van der Waals surface area contributed by atoms with E-state index < -0.39 is 0 Å². The summed E-state index contributed by atoms with van der Waals surface area (Å²) in [5, 5.41) is 6.43. The number of nitrogens with one attached hydrogen (secondary N) is 2. The summed E-state index contributed by atoms with van der Waals surface area (Å²) in [6.07, 6.45) is 5.38. The molecule has 0 unspecified atom stereocenters. The van der Waals surface area contributed by atoms with Crippen molar-refractivity contribution in [1.29, 1.82) is 0 Å². The highest BCUT2D eigenvalue weighted by Crippen LogP contribution is 2.28. The van der Waals surface area contributed by atoms with Gasteiger partial charge >= 0.3 is 6.09 Å². The molecule has 1 amide bonds. The van der Waals surface area contributed by atoms with Crippen LogP contribution >= 0.6 is 0 Å². The lowest BCUT2D eigenvalue weighted by atomic mass is 9.87. The summed E-state index contributed by atoms with van der Waals surface area (Å²) in [4.78, 5) is 11.7. The predicted molar refractivity (Wildman–Crippen MR) is 92.7 cm³/mol. The van der Waals surface area contributed by atoms with E-state index in [0.29, 0.717) is 12.6 Å². The smallest absolute Gasteiger partial charge is 0.407 e. The molecule has 2 aliphatic carbocycles. The third-order valence-corrected chi connectivity index (χ3v) is 4.62. The molecule has 2 saturated carbocycles. The fourth-order valence-corrected chi connectivity index (χ4v) is 2.85. The Hall–Kier alpha value is -1.59. The number of alkyl carbamates (subject to hydrolysis) is 1. The van der Waals surface area contributed by atoms with Gasteiger partial charge in [0.05, 0.1) is 0 Å². The summed E-state index contributed by atoms with van der Waals surface area (Å²) in [6, 6.07) is 10.5. The third kappa shape index (κ3) is 6.13. The molecule has 0 heterocycles. The van der Waals surface area contributed by atoms with Crippen LogP contribution in [0.4, 0.5) is 4.79 Å². The van der Waals surface area contributed by atoms with E-state index in [1.807, 2.05) is 30.3 Å². The van der Waals surface area contributed by atoms with Crippen molar-refractivity contribution in [3.63, 3.8) is 0 Å². The lowest BCUT2D eigenvalue weighted by Crippen LogP contribution is -2.52. The van der Waals surface area contributed by atoms with Gasteiger partial charge in [0, 0.05) is 25.3 Å². The normalized spacial score (nSPS) is 22.7. The van der Waals surface area contributed by atoms with Crippen LogP contribution in [-0.4, -0.2) is 37.9 Å². The van der Waals surface area contributed by atoms with Crippen LogP contribution in [0.15, 0.2) is 30.3 Å². The minimum Gasteiger partial charge on any atom is -0.445 e. The van der Waals surface area contributed by atoms with E-state index in [1.54, 1.807) is 0 Å². The predicted octanol–water partition coefficient (Wildman–Crippen LogP) is 2.85. The molecule has 0 spiro atoms. The number of hydrogen-bond acceptors (Lipinski definition) is 4. The zero-order valence-electron chi connectivity index (χ0n) is 14.2. The Morgan fingerprint density at radius 3 is 2.67 bits per heavy atom. The van der Waals surface area contributed by atoms with Crippen LogP contribution in [0.3, 0.4) is 0 Å². The Balaban J connectivity index is 1.16. The van der Waals surface area contributed by atoms with E-state index in [0.717, 1.165) is 50.5 Å². The van der Waals surface area contributed by atoms with Crippen LogP contribution in [0.25, 0.3) is 0 Å². The Labute approximate surface area is 144 Å². The van der Waals surface area contributed by atoms with Gasteiger partial charge < -0.3 is 20.1 Å². The first kappa shape index (κ1) is 17.2. The fraction of sp³-hybridized carbons (Fsp3) is 0.632. The zero-order chi connectivity index (χ0) is 16.6. The molecule has 0 atom stereocenters. The molecule has 3 rings (SSSR count). The third-order valence-electron chi connectivity index (χ3n) is 4.62. The first-order valence-electron chi connectivity index (χ1n) is 9.08. The maximum Gasteiger partial charge on any atom is 0.407 e. The largest absolute Gasteiger partial charge is 0.445 e. The van der Waals surface area contributed by atoms with Gasteiger partial charge in [0.25, 0.3) is 0 Å². The highest BCUT2D eigenvalue weighted by atomic mass is 16.5. The Bertz CT molecular complexity index is 499. The van der Waals surface area contributed by atoms with Gasteiger partial charge in [-0.1, -0.05) is 30.3 Å². The van der Waals surface area contributed by atoms with Crippen LogP contribution in [-0.2, 0) is 16.1 Å². The van der Waals surface area contributed by atoms with Gasteiger partial charge in [0.15, 0.2) is 0 Å². The van der Waals surface area contributed by atoms with Crippen molar-refractivity contribution < 1.29 is 14.3 Å². The molecule has 132 valence electrons. The van der Waals surface area contributed by atoms with Crippen LogP contribution in [0.5, 0.6) is 0 Å². The molecule has 1 aromatic carbocycles. The van der Waals surface area contributed by atoms with Crippen molar-refractivity contribution in [2.24, 2.45) is 5.92 Å². The van der Waals surface area contributed by atoms with E-state index in [-0.39, 0.29) is 12.1 Å². The summed E-state index contributed by atoms with van der Waals surface area (Å²) >= 11 is 0. The maximum absolute atomic E-state index is 11.7. The van der Waals surface area contributed by atoms with Crippen molar-refractivity contribution in [2.75, 3.05) is 19.8 Å². The molecule has 5 nitrogen and oxygen atoms in total. The van der Waals surface area contributed by atoms with Gasteiger partial charge in [0.2, 0.25) is 0 Å². The molecule has 2 aliphatic rings. The molecular weight excluding hydrogens is 304 g/mol. The van der Waals surface area contributed by atoms with Crippen molar-refractivity contribution in [1.82, 2.24) is 10.6 Å². The van der Waals surface area contributed by atoms with E-state index >= 15 is 0 Å². The molecule has 2 fully saturated rings. The monoisotopic (exact) mass is 332 g/mol. The molecule has 2 N–H and O–H groups in total. The van der Waals surface area contributed by atoms with Gasteiger partial charge in [0.1, 0.15) is 6.61 Å². The molecule has 5 heteroatoms. The average molecular weight is 332 g/mol. The van der Waals surface area contributed by atoms with Gasteiger partial charge in [-0.15, -0.1) is 0 Å². The van der Waals surface area contributed by atoms with Crippen molar-refractivity contribution in [3.8, 4) is 0 Å². The summed E-state index contributed by atoms with van der Waals surface area (Å²) in [6.45, 7) is 3.10. The first-order chi connectivity index (χ1) is 11.8. The molecule has 1 aromatic rings. The highest BCUT2D eigenvalue weighted by molar-refractivity contribution is 5.67. The summed E-state index contributed by atoms with van der Waals surface area (Å²) in [5.41, 5.74) is 1.00. The molecule has 0 radical (unpaired) electrons. The SMILES string of the molecule is O=C(NC1CC(NCCCOCC2CC2)C1)OCc1ccccc1. The van der Waals surface area contributed by atoms with Crippen molar-refractivity contribution in [2.45, 2.75) is 50.8 Å². The Morgan fingerprint density at radius 1 is 1.12 bits per heavy atom. The number of rotatable bonds is 10. The second-order valence-electron chi connectivity index (χ2n) is 6.90. The van der Waals surface area contributed by atoms with Crippen LogP contribution in [0.1, 0.15) is 37.7 Å². The second-order valence-corrected chi connectivity index (χ2v) is 6.90. The molecule has 24 heavy (non-hydrogen) atoms. The first-order valence-corrected chi connectivity index (χ1v) is 9.08. The molecule has 0 saturated heterocycles. The zero-order valence-corrected chi connectivity index (χ0v) is 14.2. The number of carbonyl (C=O) groups is 1. The number of amides is 1. The van der Waals surface area contributed by atoms with Gasteiger partial charge in [-0.25, -0.2) is 4.79 Å². The maximum atomic E-state index is 11.7. The Kier molecular flexibility index (Phi) is 6.49. The van der Waals surface area contributed by atoms with Crippen molar-refractivity contribution in [3.05, 3.63) is 35.9 Å². The summed E-state index contributed by atoms with van der Waals surface area (Å²) in [7, 11) is 0. The number of hydrogen-bond donors (Lipinski definition) is 2. The standard InChI is InChI=1S/C19H28N2O3/c22-19(24-14-15-5-2-1-3-6-15)21-18-11-17(12-18)20-9-4-10-23-13-16-7-8-16/h1-3,5-6,16-18,20H,4,7-14H2,(H,21,22). The lowest BCUT2D eigenvalue weighted by Gasteiger charge is -2.36. The van der Waals surface area contributed by atoms with E-state index in [1.165, 1.54) is 12.8 Å². The lowest BCUT2D eigenvalue weighted by molar-refractivity contribution is 0.117. The number of ether oxygens (including phenoxy) is 2. The quantitative estimate of drug-likeness (QED) is 0.647. The van der Waals surface area contributed by atoms with E-state index in [2.05, 4.69) is 10.6 Å². The number of benzene rings is 1. The molecule has 0 bridgehead atoms. The molecule has 0 aliphatic heterocycles. The van der Waals surface area contributed by atoms with Crippen molar-refractivity contribution >= 4 is 6.09 Å². The topological polar surface area (TPSA) is 59.6 Å². The Morgan fingerprint density at radius 2 is 1.92 bits per heavy atom. The van der Waals surface area contributed by atoms with Crippen LogP contribution in [0.2, 0.25) is 0 Å².